The first-order chi connectivity index (χ1) is 8.54. The number of carbonyl (C=O) groups is 2. The predicted molar refractivity (Wildman–Crippen MR) is 68.0 cm³/mol. The molecule has 0 aliphatic heterocycles. The van der Waals surface area contributed by atoms with Gasteiger partial charge in [-0.2, -0.15) is 0 Å². The maximum Gasteiger partial charge on any atom is 0.326 e. The van der Waals surface area contributed by atoms with Gasteiger partial charge in [0.15, 0.2) is 0 Å². The number of nitrogen functional groups attached to an aromatic ring is 1. The van der Waals surface area contributed by atoms with Gasteiger partial charge in [0.2, 0.25) is 0 Å². The molecule has 0 fully saturated rings. The largest absolute Gasteiger partial charge is 0.480 e. The van der Waals surface area contributed by atoms with Crippen molar-refractivity contribution in [3.63, 3.8) is 0 Å². The summed E-state index contributed by atoms with van der Waals surface area (Å²) < 4.78 is 0. The molecule has 1 aromatic rings. The van der Waals surface area contributed by atoms with E-state index in [1.54, 1.807) is 24.3 Å². The standard InChI is InChI=1S/C12H17N3O3/c13-7-1-2-10(12(17)18)15-11(16)8-3-5-9(14)6-4-8/h3-6,10H,1-2,7,13-14H2,(H,15,16)(H,17,18)/t10-/m0/s1. The van der Waals surface area contributed by atoms with Crippen molar-refractivity contribution in [3.8, 4) is 0 Å². The summed E-state index contributed by atoms with van der Waals surface area (Å²) in [5.74, 6) is -1.49. The van der Waals surface area contributed by atoms with Crippen LogP contribution in [0.25, 0.3) is 0 Å². The van der Waals surface area contributed by atoms with Gasteiger partial charge in [-0.1, -0.05) is 0 Å². The van der Waals surface area contributed by atoms with Crippen LogP contribution >= 0.6 is 0 Å². The smallest absolute Gasteiger partial charge is 0.326 e. The maximum atomic E-state index is 11.8. The zero-order valence-electron chi connectivity index (χ0n) is 9.93. The molecule has 0 heterocycles. The zero-order chi connectivity index (χ0) is 13.5. The Morgan fingerprint density at radius 1 is 1.28 bits per heavy atom. The Morgan fingerprint density at radius 2 is 1.89 bits per heavy atom. The van der Waals surface area contributed by atoms with E-state index in [2.05, 4.69) is 5.32 Å². The molecule has 0 saturated carbocycles. The minimum absolute atomic E-state index is 0.312. The molecule has 0 spiro atoms. The third kappa shape index (κ3) is 4.06. The monoisotopic (exact) mass is 251 g/mol. The van der Waals surface area contributed by atoms with Crippen molar-refractivity contribution >= 4 is 17.6 Å². The lowest BCUT2D eigenvalue weighted by Crippen LogP contribution is -2.41. The van der Waals surface area contributed by atoms with Crippen molar-refractivity contribution in [3.05, 3.63) is 29.8 Å². The van der Waals surface area contributed by atoms with Crippen molar-refractivity contribution in [1.82, 2.24) is 5.32 Å². The number of carboxylic acids is 1. The van der Waals surface area contributed by atoms with E-state index in [0.29, 0.717) is 30.6 Å². The summed E-state index contributed by atoms with van der Waals surface area (Å²) in [6, 6.07) is 5.35. The van der Waals surface area contributed by atoms with E-state index in [1.807, 2.05) is 0 Å². The van der Waals surface area contributed by atoms with E-state index in [1.165, 1.54) is 0 Å². The maximum absolute atomic E-state index is 11.8. The molecule has 1 atom stereocenters. The Bertz CT molecular complexity index is 417. The number of hydrogen-bond donors (Lipinski definition) is 4. The number of hydrogen-bond acceptors (Lipinski definition) is 4. The lowest BCUT2D eigenvalue weighted by molar-refractivity contribution is -0.139. The van der Waals surface area contributed by atoms with E-state index in [4.69, 9.17) is 16.6 Å². The first-order valence-corrected chi connectivity index (χ1v) is 5.64. The molecular weight excluding hydrogens is 234 g/mol. The van der Waals surface area contributed by atoms with Gasteiger partial charge < -0.3 is 21.9 Å². The average Bonchev–Trinajstić information content (AvgIpc) is 2.34. The highest BCUT2D eigenvalue weighted by molar-refractivity contribution is 5.96. The molecule has 1 rings (SSSR count). The van der Waals surface area contributed by atoms with Crippen LogP contribution in [-0.4, -0.2) is 29.6 Å². The van der Waals surface area contributed by atoms with Gasteiger partial charge in [-0.05, 0) is 43.7 Å². The van der Waals surface area contributed by atoms with E-state index < -0.39 is 17.9 Å². The number of amides is 1. The van der Waals surface area contributed by atoms with Crippen LogP contribution in [0.2, 0.25) is 0 Å². The Morgan fingerprint density at radius 3 is 2.39 bits per heavy atom. The summed E-state index contributed by atoms with van der Waals surface area (Å²) in [6.07, 6.45) is 0.853. The molecule has 0 saturated heterocycles. The van der Waals surface area contributed by atoms with Crippen molar-refractivity contribution in [2.45, 2.75) is 18.9 Å². The number of carbonyl (C=O) groups excluding carboxylic acids is 1. The second kappa shape index (κ2) is 6.61. The average molecular weight is 251 g/mol. The molecule has 0 unspecified atom stereocenters. The number of nitrogens with one attached hydrogen (secondary N) is 1. The number of rotatable bonds is 6. The van der Waals surface area contributed by atoms with Gasteiger partial charge in [0, 0.05) is 11.3 Å². The number of carboxylic acid groups (broad SMARTS) is 1. The molecule has 0 radical (unpaired) electrons. The molecule has 6 nitrogen and oxygen atoms in total. The molecule has 1 aromatic carbocycles. The van der Waals surface area contributed by atoms with Crippen LogP contribution in [0.4, 0.5) is 5.69 Å². The topological polar surface area (TPSA) is 118 Å². The van der Waals surface area contributed by atoms with Gasteiger partial charge in [0.05, 0.1) is 0 Å². The molecule has 98 valence electrons. The van der Waals surface area contributed by atoms with Crippen LogP contribution in [-0.2, 0) is 4.79 Å². The SMILES string of the molecule is NCCC[C@H](NC(=O)c1ccc(N)cc1)C(=O)O. The van der Waals surface area contributed by atoms with Gasteiger partial charge in [0.1, 0.15) is 6.04 Å². The van der Waals surface area contributed by atoms with Crippen LogP contribution in [0.3, 0.4) is 0 Å². The van der Waals surface area contributed by atoms with E-state index in [9.17, 15) is 9.59 Å². The number of benzene rings is 1. The Labute approximate surface area is 105 Å². The van der Waals surface area contributed by atoms with Crippen LogP contribution in [0.1, 0.15) is 23.2 Å². The van der Waals surface area contributed by atoms with Gasteiger partial charge in [-0.15, -0.1) is 0 Å². The van der Waals surface area contributed by atoms with E-state index in [0.717, 1.165) is 0 Å². The zero-order valence-corrected chi connectivity index (χ0v) is 9.93. The van der Waals surface area contributed by atoms with Gasteiger partial charge in [-0.3, -0.25) is 4.79 Å². The molecule has 0 aliphatic rings. The van der Waals surface area contributed by atoms with Gasteiger partial charge in [-0.25, -0.2) is 4.79 Å². The molecule has 6 N–H and O–H groups in total. The first kappa shape index (κ1) is 14.0. The molecule has 0 aromatic heterocycles. The Kier molecular flexibility index (Phi) is 5.13. The third-order valence-corrected chi connectivity index (χ3v) is 2.47. The minimum Gasteiger partial charge on any atom is -0.480 e. The highest BCUT2D eigenvalue weighted by Gasteiger charge is 2.19. The lowest BCUT2D eigenvalue weighted by atomic mass is 10.1. The fourth-order valence-corrected chi connectivity index (χ4v) is 1.46. The lowest BCUT2D eigenvalue weighted by Gasteiger charge is -2.14. The van der Waals surface area contributed by atoms with Gasteiger partial charge >= 0.3 is 5.97 Å². The summed E-state index contributed by atoms with van der Waals surface area (Å²) >= 11 is 0. The van der Waals surface area contributed by atoms with Crippen molar-refractivity contribution < 1.29 is 14.7 Å². The number of anilines is 1. The second-order valence-corrected chi connectivity index (χ2v) is 3.92. The molecular formula is C12H17N3O3. The molecule has 6 heteroatoms. The summed E-state index contributed by atoms with van der Waals surface area (Å²) in [5.41, 5.74) is 11.7. The van der Waals surface area contributed by atoms with Crippen molar-refractivity contribution in [1.29, 1.82) is 0 Å². The van der Waals surface area contributed by atoms with Crippen LogP contribution in [0.15, 0.2) is 24.3 Å². The highest BCUT2D eigenvalue weighted by Crippen LogP contribution is 2.06. The highest BCUT2D eigenvalue weighted by atomic mass is 16.4. The van der Waals surface area contributed by atoms with Crippen LogP contribution in [0.5, 0.6) is 0 Å². The third-order valence-electron chi connectivity index (χ3n) is 2.47. The summed E-state index contributed by atoms with van der Waals surface area (Å²) in [4.78, 5) is 22.7. The number of nitrogens with two attached hydrogens (primary N) is 2. The van der Waals surface area contributed by atoms with E-state index >= 15 is 0 Å². The quantitative estimate of drug-likeness (QED) is 0.538. The fourth-order valence-electron chi connectivity index (χ4n) is 1.46. The summed E-state index contributed by atoms with van der Waals surface area (Å²) in [7, 11) is 0. The molecule has 1 amide bonds. The Hall–Kier alpha value is -2.08. The van der Waals surface area contributed by atoms with E-state index in [-0.39, 0.29) is 0 Å². The fraction of sp³-hybridized carbons (Fsp3) is 0.333. The Balaban J connectivity index is 2.66. The van der Waals surface area contributed by atoms with Gasteiger partial charge in [0.25, 0.3) is 5.91 Å². The van der Waals surface area contributed by atoms with Crippen LogP contribution in [0, 0.1) is 0 Å². The molecule has 0 aliphatic carbocycles. The van der Waals surface area contributed by atoms with Crippen molar-refractivity contribution in [2.75, 3.05) is 12.3 Å². The minimum atomic E-state index is -1.06. The summed E-state index contributed by atoms with van der Waals surface area (Å²) in [5, 5.41) is 11.4. The molecule has 18 heavy (non-hydrogen) atoms. The number of aliphatic carboxylic acids is 1. The normalized spacial score (nSPS) is 11.8. The first-order valence-electron chi connectivity index (χ1n) is 5.64. The van der Waals surface area contributed by atoms with Crippen LogP contribution < -0.4 is 16.8 Å². The molecule has 0 bridgehead atoms. The predicted octanol–water partition coefficient (Wildman–Crippen LogP) is 0.191. The van der Waals surface area contributed by atoms with Crippen molar-refractivity contribution in [2.24, 2.45) is 5.73 Å². The second-order valence-electron chi connectivity index (χ2n) is 3.92. The summed E-state index contributed by atoms with van der Waals surface area (Å²) in [6.45, 7) is 0.390.